The van der Waals surface area contributed by atoms with Gasteiger partial charge in [0.25, 0.3) is 0 Å². The quantitative estimate of drug-likeness (QED) is 0.202. The minimum atomic E-state index is 0.0816. The monoisotopic (exact) mass is 473 g/mol. The zero-order valence-electron chi connectivity index (χ0n) is 24.2. The minimum Gasteiger partial charge on any atom is -0.492 e. The van der Waals surface area contributed by atoms with Crippen molar-refractivity contribution in [3.63, 3.8) is 0 Å². The third-order valence-corrected chi connectivity index (χ3v) is 6.90. The molecule has 0 spiro atoms. The third-order valence-electron chi connectivity index (χ3n) is 6.90. The lowest BCUT2D eigenvalue weighted by molar-refractivity contribution is 0.305. The Morgan fingerprint density at radius 2 is 1.12 bits per heavy atom. The highest BCUT2D eigenvalue weighted by molar-refractivity contribution is 5.43. The molecular formula is C32H59NO. The van der Waals surface area contributed by atoms with Crippen molar-refractivity contribution < 1.29 is 4.74 Å². The van der Waals surface area contributed by atoms with Gasteiger partial charge in [-0.2, -0.15) is 0 Å². The van der Waals surface area contributed by atoms with E-state index in [9.17, 15) is 0 Å². The van der Waals surface area contributed by atoms with E-state index in [1.807, 2.05) is 0 Å². The molecule has 0 radical (unpaired) electrons. The van der Waals surface area contributed by atoms with Gasteiger partial charge in [0.15, 0.2) is 0 Å². The Bertz CT molecular complexity index is 623. The van der Waals surface area contributed by atoms with Crippen LogP contribution in [0.3, 0.4) is 0 Å². The average Bonchev–Trinajstić information content (AvgIpc) is 2.77. The summed E-state index contributed by atoms with van der Waals surface area (Å²) in [5, 5.41) is 3.57. The van der Waals surface area contributed by atoms with E-state index >= 15 is 0 Å². The fourth-order valence-corrected chi connectivity index (χ4v) is 4.51. The molecule has 0 aliphatic heterocycles. The van der Waals surface area contributed by atoms with Gasteiger partial charge in [-0.25, -0.2) is 0 Å². The molecule has 0 unspecified atom stereocenters. The lowest BCUT2D eigenvalue weighted by Crippen LogP contribution is -2.23. The molecule has 34 heavy (non-hydrogen) atoms. The molecule has 198 valence electrons. The molecule has 0 aliphatic carbocycles. The molecule has 0 saturated carbocycles. The molecule has 0 amide bonds. The third kappa shape index (κ3) is 14.4. The maximum absolute atomic E-state index is 6.19. The van der Waals surface area contributed by atoms with Crippen molar-refractivity contribution >= 4 is 0 Å². The first kappa shape index (κ1) is 31.0. The molecule has 0 heterocycles. The van der Waals surface area contributed by atoms with E-state index in [1.165, 1.54) is 101 Å². The van der Waals surface area contributed by atoms with Crippen LogP contribution in [-0.4, -0.2) is 19.7 Å². The smallest absolute Gasteiger partial charge is 0.123 e. The Morgan fingerprint density at radius 3 is 1.59 bits per heavy atom. The van der Waals surface area contributed by atoms with Crippen LogP contribution in [0.4, 0.5) is 0 Å². The predicted octanol–water partition coefficient (Wildman–Crippen LogP) is 9.73. The van der Waals surface area contributed by atoms with E-state index in [-0.39, 0.29) is 10.8 Å². The second kappa shape index (κ2) is 17.4. The number of rotatable bonds is 19. The van der Waals surface area contributed by atoms with Gasteiger partial charge in [-0.3, -0.25) is 0 Å². The van der Waals surface area contributed by atoms with Crippen LogP contribution in [0.2, 0.25) is 0 Å². The van der Waals surface area contributed by atoms with Crippen LogP contribution in [0.15, 0.2) is 18.2 Å². The summed E-state index contributed by atoms with van der Waals surface area (Å²) in [5.74, 6) is 1.04. The van der Waals surface area contributed by atoms with E-state index in [0.29, 0.717) is 0 Å². The van der Waals surface area contributed by atoms with Gasteiger partial charge in [0.1, 0.15) is 12.4 Å². The standard InChI is InChI=1S/C32H59NO/c1-8-9-10-11-12-13-14-15-16-17-18-19-20-21-24-33-25-26-34-30-23-22-28(31(2,3)4)27-29(30)32(5,6)7/h22-23,27,33H,8-21,24-26H2,1-7H3. The maximum Gasteiger partial charge on any atom is 0.123 e. The summed E-state index contributed by atoms with van der Waals surface area (Å²) < 4.78 is 6.19. The summed E-state index contributed by atoms with van der Waals surface area (Å²) in [6.45, 7) is 18.7. The normalized spacial score (nSPS) is 12.3. The van der Waals surface area contributed by atoms with Crippen molar-refractivity contribution in [2.24, 2.45) is 0 Å². The van der Waals surface area contributed by atoms with Gasteiger partial charge >= 0.3 is 0 Å². The average molecular weight is 474 g/mol. The molecule has 2 heteroatoms. The molecular weight excluding hydrogens is 414 g/mol. The van der Waals surface area contributed by atoms with Crippen LogP contribution in [-0.2, 0) is 10.8 Å². The first-order chi connectivity index (χ1) is 16.2. The summed E-state index contributed by atoms with van der Waals surface area (Å²) >= 11 is 0. The van der Waals surface area contributed by atoms with E-state index in [0.717, 1.165) is 25.4 Å². The summed E-state index contributed by atoms with van der Waals surface area (Å²) in [6.07, 6.45) is 19.8. The fourth-order valence-electron chi connectivity index (χ4n) is 4.51. The molecule has 0 bridgehead atoms. The number of unbranched alkanes of at least 4 members (excludes halogenated alkanes) is 13. The molecule has 1 N–H and O–H groups in total. The highest BCUT2D eigenvalue weighted by atomic mass is 16.5. The Morgan fingerprint density at radius 1 is 0.618 bits per heavy atom. The summed E-state index contributed by atoms with van der Waals surface area (Å²) in [6, 6.07) is 6.75. The van der Waals surface area contributed by atoms with Crippen LogP contribution in [0.5, 0.6) is 5.75 Å². The molecule has 0 aromatic heterocycles. The van der Waals surface area contributed by atoms with E-state index < -0.39 is 0 Å². The van der Waals surface area contributed by atoms with Crippen LogP contribution < -0.4 is 10.1 Å². The van der Waals surface area contributed by atoms with Crippen molar-refractivity contribution in [3.8, 4) is 5.75 Å². The number of ether oxygens (including phenoxy) is 1. The van der Waals surface area contributed by atoms with Crippen molar-refractivity contribution in [3.05, 3.63) is 29.3 Å². The van der Waals surface area contributed by atoms with Crippen LogP contribution >= 0.6 is 0 Å². The topological polar surface area (TPSA) is 21.3 Å². The van der Waals surface area contributed by atoms with Crippen LogP contribution in [0.25, 0.3) is 0 Å². The summed E-state index contributed by atoms with van der Waals surface area (Å²) in [4.78, 5) is 0. The highest BCUT2D eigenvalue weighted by Gasteiger charge is 2.23. The van der Waals surface area contributed by atoms with Crippen LogP contribution in [0, 0.1) is 0 Å². The van der Waals surface area contributed by atoms with E-state index in [4.69, 9.17) is 4.74 Å². The number of nitrogens with one attached hydrogen (secondary N) is 1. The summed E-state index contributed by atoms with van der Waals surface area (Å²) in [7, 11) is 0. The Kier molecular flexibility index (Phi) is 15.9. The van der Waals surface area contributed by atoms with Gasteiger partial charge in [-0.05, 0) is 41.0 Å². The number of hydrogen-bond acceptors (Lipinski definition) is 2. The van der Waals surface area contributed by atoms with Crippen LogP contribution in [0.1, 0.15) is 149 Å². The second-order valence-electron chi connectivity index (χ2n) is 12.4. The largest absolute Gasteiger partial charge is 0.492 e. The van der Waals surface area contributed by atoms with Gasteiger partial charge < -0.3 is 10.1 Å². The van der Waals surface area contributed by atoms with Crippen molar-refractivity contribution in [2.75, 3.05) is 19.7 Å². The molecule has 0 saturated heterocycles. The van der Waals surface area contributed by atoms with Crippen molar-refractivity contribution in [1.82, 2.24) is 5.32 Å². The second-order valence-corrected chi connectivity index (χ2v) is 12.4. The molecule has 0 fully saturated rings. The fraction of sp³-hybridized carbons (Fsp3) is 0.812. The SMILES string of the molecule is CCCCCCCCCCCCCCCCNCCOc1ccc(C(C)(C)C)cc1C(C)(C)C. The van der Waals surface area contributed by atoms with Gasteiger partial charge in [0, 0.05) is 6.54 Å². The highest BCUT2D eigenvalue weighted by Crippen LogP contribution is 2.35. The Hall–Kier alpha value is -1.02. The molecule has 2 nitrogen and oxygen atoms in total. The van der Waals surface area contributed by atoms with E-state index in [2.05, 4.69) is 72.0 Å². The maximum atomic E-state index is 6.19. The Labute approximate surface area is 214 Å². The molecule has 1 aromatic rings. The predicted molar refractivity (Wildman–Crippen MR) is 153 cm³/mol. The minimum absolute atomic E-state index is 0.0816. The van der Waals surface area contributed by atoms with Crippen molar-refractivity contribution in [1.29, 1.82) is 0 Å². The van der Waals surface area contributed by atoms with Gasteiger partial charge in [0.05, 0.1) is 0 Å². The molecule has 0 aliphatic rings. The number of benzene rings is 1. The zero-order chi connectivity index (χ0) is 25.3. The van der Waals surface area contributed by atoms with Gasteiger partial charge in [0.2, 0.25) is 0 Å². The lowest BCUT2D eigenvalue weighted by atomic mass is 9.80. The zero-order valence-corrected chi connectivity index (χ0v) is 24.2. The first-order valence-corrected chi connectivity index (χ1v) is 14.6. The number of hydrogen-bond donors (Lipinski definition) is 1. The molecule has 1 rings (SSSR count). The van der Waals surface area contributed by atoms with Crippen molar-refractivity contribution in [2.45, 2.75) is 149 Å². The lowest BCUT2D eigenvalue weighted by Gasteiger charge is -2.27. The first-order valence-electron chi connectivity index (χ1n) is 14.6. The van der Waals surface area contributed by atoms with Gasteiger partial charge in [-0.1, -0.05) is 144 Å². The van der Waals surface area contributed by atoms with Gasteiger partial charge in [-0.15, -0.1) is 0 Å². The molecule has 0 atom stereocenters. The molecule has 1 aromatic carbocycles. The van der Waals surface area contributed by atoms with E-state index in [1.54, 1.807) is 0 Å². The Balaban J connectivity index is 2.04. The summed E-state index contributed by atoms with van der Waals surface area (Å²) in [5.41, 5.74) is 2.93.